The molecule has 2 aromatic rings. The van der Waals surface area contributed by atoms with Gasteiger partial charge in [-0.2, -0.15) is 5.10 Å². The number of carbonyl (C=O) groups excluding carboxylic acids is 1. The topological polar surface area (TPSA) is 85.0 Å². The van der Waals surface area contributed by atoms with Crippen molar-refractivity contribution < 1.29 is 9.18 Å². The summed E-state index contributed by atoms with van der Waals surface area (Å²) in [7, 11) is 1.83. The summed E-state index contributed by atoms with van der Waals surface area (Å²) in [6.07, 6.45) is 2.34. The summed E-state index contributed by atoms with van der Waals surface area (Å²) >= 11 is 0. The van der Waals surface area contributed by atoms with E-state index >= 15 is 0 Å². The zero-order chi connectivity index (χ0) is 14.5. The first kappa shape index (κ1) is 14.0. The summed E-state index contributed by atoms with van der Waals surface area (Å²) in [6, 6.07) is 6.09. The Kier molecular flexibility index (Phi) is 4.31. The fourth-order valence-electron chi connectivity index (χ4n) is 1.91. The number of anilines is 1. The Morgan fingerprint density at radius 1 is 1.45 bits per heavy atom. The van der Waals surface area contributed by atoms with Gasteiger partial charge in [-0.25, -0.2) is 4.39 Å². The molecular weight excluding hydrogens is 261 g/mol. The summed E-state index contributed by atoms with van der Waals surface area (Å²) in [4.78, 5) is 12.0. The van der Waals surface area contributed by atoms with Gasteiger partial charge in [-0.15, -0.1) is 0 Å². The summed E-state index contributed by atoms with van der Waals surface area (Å²) in [6.45, 7) is 0.429. The normalized spacial score (nSPS) is 10.3. The number of aryl methyl sites for hydroxylation is 1. The van der Waals surface area contributed by atoms with Crippen molar-refractivity contribution in [2.75, 3.05) is 12.0 Å². The largest absolute Gasteiger partial charge is 0.352 e. The van der Waals surface area contributed by atoms with E-state index in [1.807, 2.05) is 13.1 Å². The quantitative estimate of drug-likeness (QED) is 0.558. The molecule has 0 atom stereocenters. The number of nitrogen functional groups attached to an aromatic ring is 1. The number of carbonyl (C=O) groups is 1. The first-order chi connectivity index (χ1) is 9.63. The van der Waals surface area contributed by atoms with Gasteiger partial charge in [-0.05, 0) is 18.2 Å². The molecule has 1 aromatic heterocycles. The van der Waals surface area contributed by atoms with Gasteiger partial charge in [-0.1, -0.05) is 6.07 Å². The van der Waals surface area contributed by atoms with Crippen molar-refractivity contribution in [3.63, 3.8) is 0 Å². The molecule has 1 aromatic carbocycles. The maximum absolute atomic E-state index is 13.5. The fourth-order valence-corrected chi connectivity index (χ4v) is 1.91. The smallest absolute Gasteiger partial charge is 0.253 e. The summed E-state index contributed by atoms with van der Waals surface area (Å²) in [5.74, 6) is 4.29. The second-order valence-electron chi connectivity index (χ2n) is 4.26. The Morgan fingerprint density at radius 2 is 2.25 bits per heavy atom. The molecule has 0 unspecified atom stereocenters. The molecule has 20 heavy (non-hydrogen) atoms. The monoisotopic (exact) mass is 277 g/mol. The average Bonchev–Trinajstić information content (AvgIpc) is 2.84. The predicted molar refractivity (Wildman–Crippen MR) is 73.5 cm³/mol. The second kappa shape index (κ2) is 6.16. The first-order valence-corrected chi connectivity index (χ1v) is 6.13. The number of para-hydroxylation sites is 1. The Bertz CT molecular complexity index is 611. The van der Waals surface area contributed by atoms with Crippen LogP contribution in [0.25, 0.3) is 0 Å². The lowest BCUT2D eigenvalue weighted by atomic mass is 10.1. The van der Waals surface area contributed by atoms with Crippen LogP contribution in [0, 0.1) is 5.82 Å². The van der Waals surface area contributed by atoms with Crippen molar-refractivity contribution >= 4 is 11.6 Å². The minimum Gasteiger partial charge on any atom is -0.352 e. The molecule has 0 aliphatic carbocycles. The number of nitrogens with one attached hydrogen (secondary N) is 2. The Balaban J connectivity index is 1.99. The number of hydrogen-bond donors (Lipinski definition) is 3. The minimum absolute atomic E-state index is 0.00877. The molecule has 7 heteroatoms. The van der Waals surface area contributed by atoms with E-state index in [1.165, 1.54) is 18.2 Å². The summed E-state index contributed by atoms with van der Waals surface area (Å²) in [5.41, 5.74) is 3.38. The van der Waals surface area contributed by atoms with Crippen molar-refractivity contribution in [1.29, 1.82) is 0 Å². The Morgan fingerprint density at radius 3 is 2.90 bits per heavy atom. The van der Waals surface area contributed by atoms with Gasteiger partial charge in [0.2, 0.25) is 0 Å². The van der Waals surface area contributed by atoms with Crippen molar-refractivity contribution in [2.24, 2.45) is 12.9 Å². The van der Waals surface area contributed by atoms with Gasteiger partial charge in [0.15, 0.2) is 0 Å². The zero-order valence-corrected chi connectivity index (χ0v) is 11.1. The van der Waals surface area contributed by atoms with Crippen molar-refractivity contribution in [3.05, 3.63) is 47.5 Å². The first-order valence-electron chi connectivity index (χ1n) is 6.13. The molecule has 0 spiro atoms. The van der Waals surface area contributed by atoms with Gasteiger partial charge >= 0.3 is 0 Å². The van der Waals surface area contributed by atoms with Crippen LogP contribution in [0.5, 0.6) is 0 Å². The van der Waals surface area contributed by atoms with Crippen LogP contribution in [0.1, 0.15) is 16.1 Å². The third-order valence-corrected chi connectivity index (χ3v) is 2.99. The van der Waals surface area contributed by atoms with E-state index in [-0.39, 0.29) is 17.2 Å². The second-order valence-corrected chi connectivity index (χ2v) is 4.26. The minimum atomic E-state index is -0.563. The molecule has 2 rings (SSSR count). The van der Waals surface area contributed by atoms with Crippen molar-refractivity contribution in [3.8, 4) is 0 Å². The molecule has 6 nitrogen and oxygen atoms in total. The van der Waals surface area contributed by atoms with Crippen LogP contribution in [-0.2, 0) is 13.5 Å². The van der Waals surface area contributed by atoms with E-state index in [9.17, 15) is 9.18 Å². The van der Waals surface area contributed by atoms with Gasteiger partial charge in [-0.3, -0.25) is 15.3 Å². The van der Waals surface area contributed by atoms with E-state index in [1.54, 1.807) is 10.9 Å². The SMILES string of the molecule is Cn1nccc1CCNC(=O)c1cccc(F)c1NN. The third-order valence-electron chi connectivity index (χ3n) is 2.99. The fraction of sp³-hybridized carbons (Fsp3) is 0.231. The maximum atomic E-state index is 13.5. The highest BCUT2D eigenvalue weighted by molar-refractivity contribution is 5.99. The molecule has 0 aliphatic rings. The number of benzene rings is 1. The zero-order valence-electron chi connectivity index (χ0n) is 11.1. The van der Waals surface area contributed by atoms with Crippen molar-refractivity contribution in [2.45, 2.75) is 6.42 Å². The van der Waals surface area contributed by atoms with E-state index in [0.29, 0.717) is 13.0 Å². The summed E-state index contributed by atoms with van der Waals surface area (Å²) < 4.78 is 15.2. The molecule has 0 saturated heterocycles. The van der Waals surface area contributed by atoms with Crippen LogP contribution in [0.15, 0.2) is 30.5 Å². The van der Waals surface area contributed by atoms with Crippen LogP contribution in [-0.4, -0.2) is 22.2 Å². The lowest BCUT2D eigenvalue weighted by Crippen LogP contribution is -2.28. The predicted octanol–water partition coefficient (Wildman–Crippen LogP) is 0.817. The summed E-state index contributed by atoms with van der Waals surface area (Å²) in [5, 5.41) is 6.76. The molecular formula is C13H16FN5O. The van der Waals surface area contributed by atoms with E-state index < -0.39 is 5.82 Å². The van der Waals surface area contributed by atoms with Gasteiger partial charge < -0.3 is 10.7 Å². The Labute approximate surface area is 115 Å². The molecule has 1 amide bonds. The van der Waals surface area contributed by atoms with Gasteiger partial charge in [0, 0.05) is 31.9 Å². The standard InChI is InChI=1S/C13H16FN5O/c1-19-9(6-8-17-19)5-7-16-13(20)10-3-2-4-11(14)12(10)18-15/h2-4,6,8,18H,5,7,15H2,1H3,(H,16,20). The highest BCUT2D eigenvalue weighted by atomic mass is 19.1. The molecule has 0 saturated carbocycles. The number of nitrogens with two attached hydrogens (primary N) is 1. The molecule has 1 heterocycles. The number of hydrogen-bond acceptors (Lipinski definition) is 4. The lowest BCUT2D eigenvalue weighted by Gasteiger charge is -2.10. The highest BCUT2D eigenvalue weighted by Crippen LogP contribution is 2.18. The van der Waals surface area contributed by atoms with E-state index in [0.717, 1.165) is 5.69 Å². The number of aromatic nitrogens is 2. The number of rotatable bonds is 5. The van der Waals surface area contributed by atoms with Gasteiger partial charge in [0.1, 0.15) is 5.82 Å². The third kappa shape index (κ3) is 2.94. The van der Waals surface area contributed by atoms with Gasteiger partial charge in [0.05, 0.1) is 11.3 Å². The number of nitrogens with zero attached hydrogens (tertiary/aromatic N) is 2. The van der Waals surface area contributed by atoms with Crippen molar-refractivity contribution in [1.82, 2.24) is 15.1 Å². The molecule has 0 radical (unpaired) electrons. The van der Waals surface area contributed by atoms with Crippen LogP contribution in [0.4, 0.5) is 10.1 Å². The van der Waals surface area contributed by atoms with Gasteiger partial charge in [0.25, 0.3) is 5.91 Å². The number of halogens is 1. The molecule has 106 valence electrons. The highest BCUT2D eigenvalue weighted by Gasteiger charge is 2.13. The maximum Gasteiger partial charge on any atom is 0.253 e. The van der Waals surface area contributed by atoms with Crippen LogP contribution in [0.3, 0.4) is 0 Å². The lowest BCUT2D eigenvalue weighted by molar-refractivity contribution is 0.0954. The van der Waals surface area contributed by atoms with Crippen LogP contribution >= 0.6 is 0 Å². The Hall–Kier alpha value is -2.41. The molecule has 4 N–H and O–H groups in total. The average molecular weight is 277 g/mol. The number of amides is 1. The van der Waals surface area contributed by atoms with Crippen LogP contribution in [0.2, 0.25) is 0 Å². The van der Waals surface area contributed by atoms with E-state index in [4.69, 9.17) is 5.84 Å². The molecule has 0 fully saturated rings. The number of hydrazine groups is 1. The molecule has 0 aliphatic heterocycles. The molecule has 0 bridgehead atoms. The van der Waals surface area contributed by atoms with Crippen LogP contribution < -0.4 is 16.6 Å². The van der Waals surface area contributed by atoms with E-state index in [2.05, 4.69) is 15.8 Å².